The van der Waals surface area contributed by atoms with Gasteiger partial charge >= 0.3 is 0 Å². The van der Waals surface area contributed by atoms with Gasteiger partial charge in [-0.1, -0.05) is 50.2 Å². The third kappa shape index (κ3) is 3.76. The maximum absolute atomic E-state index is 6.21. The van der Waals surface area contributed by atoms with E-state index < -0.39 is 0 Å². The minimum Gasteiger partial charge on any atom is -0.457 e. The summed E-state index contributed by atoms with van der Waals surface area (Å²) in [6, 6.07) is 18.1. The van der Waals surface area contributed by atoms with Crippen LogP contribution in [-0.4, -0.2) is 42.0 Å². The van der Waals surface area contributed by atoms with Crippen molar-refractivity contribution in [2.75, 3.05) is 26.2 Å². The van der Waals surface area contributed by atoms with Crippen LogP contribution in [0.5, 0.6) is 11.5 Å². The zero-order valence-electron chi connectivity index (χ0n) is 16.7. The summed E-state index contributed by atoms with van der Waals surface area (Å²) < 4.78 is 6.21. The maximum Gasteiger partial charge on any atom is 0.132 e. The SMILES string of the molecule is CCCN(CCC)C1CCCN(C2c3ccccc3Oc3ccccc32)C1. The van der Waals surface area contributed by atoms with Gasteiger partial charge in [0.2, 0.25) is 0 Å². The number of rotatable bonds is 6. The van der Waals surface area contributed by atoms with Gasteiger partial charge in [0.15, 0.2) is 0 Å². The van der Waals surface area contributed by atoms with Gasteiger partial charge in [-0.25, -0.2) is 0 Å². The topological polar surface area (TPSA) is 15.7 Å². The minimum atomic E-state index is 0.305. The number of hydrogen-bond donors (Lipinski definition) is 0. The second-order valence-electron chi connectivity index (χ2n) is 7.91. The third-order valence-corrected chi connectivity index (χ3v) is 5.98. The predicted molar refractivity (Wildman–Crippen MR) is 112 cm³/mol. The first-order valence-electron chi connectivity index (χ1n) is 10.7. The lowest BCUT2D eigenvalue weighted by Crippen LogP contribution is -2.49. The highest BCUT2D eigenvalue weighted by molar-refractivity contribution is 5.53. The van der Waals surface area contributed by atoms with E-state index in [1.807, 2.05) is 0 Å². The van der Waals surface area contributed by atoms with Crippen LogP contribution in [-0.2, 0) is 0 Å². The number of ether oxygens (including phenoxy) is 1. The van der Waals surface area contributed by atoms with Gasteiger partial charge in [-0.3, -0.25) is 9.80 Å². The van der Waals surface area contributed by atoms with E-state index in [4.69, 9.17) is 4.74 Å². The summed E-state index contributed by atoms with van der Waals surface area (Å²) >= 11 is 0. The summed E-state index contributed by atoms with van der Waals surface area (Å²) in [5, 5.41) is 0. The Balaban J connectivity index is 1.64. The first kappa shape index (κ1) is 18.5. The van der Waals surface area contributed by atoms with Crippen molar-refractivity contribution in [3.63, 3.8) is 0 Å². The molecule has 0 bridgehead atoms. The largest absolute Gasteiger partial charge is 0.457 e. The van der Waals surface area contributed by atoms with E-state index in [0.29, 0.717) is 12.1 Å². The molecule has 1 saturated heterocycles. The van der Waals surface area contributed by atoms with Crippen molar-refractivity contribution in [1.82, 2.24) is 9.80 Å². The van der Waals surface area contributed by atoms with Crippen LogP contribution < -0.4 is 4.74 Å². The van der Waals surface area contributed by atoms with Crippen molar-refractivity contribution in [3.8, 4) is 11.5 Å². The first-order chi connectivity index (χ1) is 13.3. The van der Waals surface area contributed by atoms with Gasteiger partial charge in [0, 0.05) is 23.7 Å². The van der Waals surface area contributed by atoms with Gasteiger partial charge in [0.05, 0.1) is 6.04 Å². The fourth-order valence-electron chi connectivity index (χ4n) is 4.85. The van der Waals surface area contributed by atoms with Crippen LogP contribution >= 0.6 is 0 Å². The Morgan fingerprint density at radius 2 is 1.52 bits per heavy atom. The number of benzene rings is 2. The summed E-state index contributed by atoms with van der Waals surface area (Å²) in [5.74, 6) is 2.03. The Labute approximate surface area is 163 Å². The minimum absolute atomic E-state index is 0.305. The molecule has 0 saturated carbocycles. The summed E-state index contributed by atoms with van der Waals surface area (Å²) in [5.41, 5.74) is 2.63. The highest BCUT2D eigenvalue weighted by Gasteiger charge is 2.35. The second-order valence-corrected chi connectivity index (χ2v) is 7.91. The second kappa shape index (κ2) is 8.45. The standard InChI is InChI=1S/C24H32N2O/c1-3-15-25(16-4-2)19-10-9-17-26(18-19)24-20-11-5-7-13-22(20)27-23-14-8-6-12-21(23)24/h5-8,11-14,19,24H,3-4,9-10,15-18H2,1-2H3. The number of hydrogen-bond acceptors (Lipinski definition) is 3. The van der Waals surface area contributed by atoms with Gasteiger partial charge < -0.3 is 4.74 Å². The van der Waals surface area contributed by atoms with Crippen molar-refractivity contribution in [2.24, 2.45) is 0 Å². The molecule has 0 spiro atoms. The molecule has 1 atom stereocenters. The molecule has 1 unspecified atom stereocenters. The van der Waals surface area contributed by atoms with Gasteiger partial charge in [-0.15, -0.1) is 0 Å². The zero-order valence-corrected chi connectivity index (χ0v) is 16.7. The average Bonchev–Trinajstić information content (AvgIpc) is 2.72. The molecule has 0 N–H and O–H groups in total. The number of nitrogens with zero attached hydrogens (tertiary/aromatic N) is 2. The van der Waals surface area contributed by atoms with Crippen LogP contribution in [0, 0.1) is 0 Å². The normalized spacial score (nSPS) is 20.2. The number of likely N-dealkylation sites (tertiary alicyclic amines) is 1. The van der Waals surface area contributed by atoms with E-state index in [0.717, 1.165) is 24.6 Å². The molecule has 2 aliphatic rings. The van der Waals surface area contributed by atoms with Crippen LogP contribution in [0.3, 0.4) is 0 Å². The Bertz CT molecular complexity index is 708. The smallest absolute Gasteiger partial charge is 0.132 e. The molecule has 0 aromatic heterocycles. The van der Waals surface area contributed by atoms with Crippen molar-refractivity contribution in [2.45, 2.75) is 51.6 Å². The van der Waals surface area contributed by atoms with Crippen LogP contribution in [0.4, 0.5) is 0 Å². The number of piperidine rings is 1. The molecule has 2 aliphatic heterocycles. The van der Waals surface area contributed by atoms with E-state index in [1.165, 1.54) is 49.9 Å². The molecule has 0 radical (unpaired) electrons. The van der Waals surface area contributed by atoms with Crippen LogP contribution in [0.1, 0.15) is 56.7 Å². The Hall–Kier alpha value is -1.84. The molecule has 2 heterocycles. The monoisotopic (exact) mass is 364 g/mol. The Kier molecular flexibility index (Phi) is 5.80. The molecule has 3 nitrogen and oxygen atoms in total. The zero-order chi connectivity index (χ0) is 18.6. The Morgan fingerprint density at radius 3 is 2.11 bits per heavy atom. The highest BCUT2D eigenvalue weighted by atomic mass is 16.5. The average molecular weight is 365 g/mol. The maximum atomic E-state index is 6.21. The van der Waals surface area contributed by atoms with Crippen LogP contribution in [0.15, 0.2) is 48.5 Å². The van der Waals surface area contributed by atoms with Crippen molar-refractivity contribution in [3.05, 3.63) is 59.7 Å². The molecular weight excluding hydrogens is 332 g/mol. The Morgan fingerprint density at radius 1 is 0.926 bits per heavy atom. The lowest BCUT2D eigenvalue weighted by atomic mass is 9.90. The van der Waals surface area contributed by atoms with Crippen LogP contribution in [0.2, 0.25) is 0 Å². The molecule has 0 aliphatic carbocycles. The highest BCUT2D eigenvalue weighted by Crippen LogP contribution is 2.46. The quantitative estimate of drug-likeness (QED) is 0.676. The van der Waals surface area contributed by atoms with E-state index in [9.17, 15) is 0 Å². The fraction of sp³-hybridized carbons (Fsp3) is 0.500. The van der Waals surface area contributed by atoms with Gasteiger partial charge in [0.25, 0.3) is 0 Å². The van der Waals surface area contributed by atoms with Crippen LogP contribution in [0.25, 0.3) is 0 Å². The van der Waals surface area contributed by atoms with Gasteiger partial charge in [-0.2, -0.15) is 0 Å². The molecule has 4 rings (SSSR count). The predicted octanol–water partition coefficient (Wildman–Crippen LogP) is 5.47. The van der Waals surface area contributed by atoms with Crippen molar-refractivity contribution in [1.29, 1.82) is 0 Å². The summed E-state index contributed by atoms with van der Waals surface area (Å²) in [4.78, 5) is 5.43. The molecule has 0 amide bonds. The van der Waals surface area contributed by atoms with Gasteiger partial charge in [-0.05, 0) is 57.5 Å². The van der Waals surface area contributed by atoms with E-state index >= 15 is 0 Å². The molecule has 27 heavy (non-hydrogen) atoms. The fourth-order valence-corrected chi connectivity index (χ4v) is 4.85. The van der Waals surface area contributed by atoms with E-state index in [-0.39, 0.29) is 0 Å². The molecule has 3 heteroatoms. The summed E-state index contributed by atoms with van der Waals surface area (Å²) in [6.07, 6.45) is 5.07. The van der Waals surface area contributed by atoms with Crippen molar-refractivity contribution >= 4 is 0 Å². The lowest BCUT2D eigenvalue weighted by molar-refractivity contribution is 0.0775. The molecule has 2 aromatic carbocycles. The lowest BCUT2D eigenvalue weighted by Gasteiger charge is -2.44. The molecule has 2 aromatic rings. The summed E-state index contributed by atoms with van der Waals surface area (Å²) in [6.45, 7) is 9.34. The van der Waals surface area contributed by atoms with Gasteiger partial charge in [0.1, 0.15) is 11.5 Å². The number of para-hydroxylation sites is 2. The van der Waals surface area contributed by atoms with E-state index in [1.54, 1.807) is 0 Å². The molecular formula is C24H32N2O. The molecule has 144 valence electrons. The first-order valence-corrected chi connectivity index (χ1v) is 10.7. The third-order valence-electron chi connectivity index (χ3n) is 5.98. The van der Waals surface area contributed by atoms with Crippen molar-refractivity contribution < 1.29 is 4.74 Å². The summed E-state index contributed by atoms with van der Waals surface area (Å²) in [7, 11) is 0. The number of fused-ring (bicyclic) bond motifs is 2. The molecule has 1 fully saturated rings. The van der Waals surface area contributed by atoms with E-state index in [2.05, 4.69) is 72.2 Å².